The van der Waals surface area contributed by atoms with E-state index in [0.717, 1.165) is 18.9 Å². The van der Waals surface area contributed by atoms with E-state index in [0.29, 0.717) is 22.7 Å². The van der Waals surface area contributed by atoms with Crippen molar-refractivity contribution in [2.24, 2.45) is 0 Å². The Morgan fingerprint density at radius 3 is 2.65 bits per heavy atom. The summed E-state index contributed by atoms with van der Waals surface area (Å²) in [7, 11) is 1.55. The molecule has 6 heteroatoms. The first-order valence-corrected chi connectivity index (χ1v) is 7.63. The van der Waals surface area contributed by atoms with Gasteiger partial charge in [0.1, 0.15) is 11.6 Å². The van der Waals surface area contributed by atoms with Crippen LogP contribution in [0.1, 0.15) is 23.2 Å². The van der Waals surface area contributed by atoms with Crippen molar-refractivity contribution in [1.29, 1.82) is 0 Å². The number of amides is 1. The molecule has 3 N–H and O–H groups in total. The van der Waals surface area contributed by atoms with E-state index < -0.39 is 0 Å². The molecular formula is C17H20N4O2. The normalized spacial score (nSPS) is 13.9. The van der Waals surface area contributed by atoms with Crippen molar-refractivity contribution < 1.29 is 9.53 Å². The van der Waals surface area contributed by atoms with Crippen LogP contribution in [0, 0.1) is 0 Å². The Morgan fingerprint density at radius 1 is 1.26 bits per heavy atom. The summed E-state index contributed by atoms with van der Waals surface area (Å²) in [5.41, 5.74) is 7.46. The quantitative estimate of drug-likeness (QED) is 0.848. The van der Waals surface area contributed by atoms with E-state index in [9.17, 15) is 4.79 Å². The average Bonchev–Trinajstić information content (AvgIpc) is 3.09. The average molecular weight is 312 g/mol. The molecule has 3 rings (SSSR count). The highest BCUT2D eigenvalue weighted by Gasteiger charge is 2.14. The Kier molecular flexibility index (Phi) is 4.32. The van der Waals surface area contributed by atoms with Gasteiger partial charge in [0.05, 0.1) is 18.4 Å². The summed E-state index contributed by atoms with van der Waals surface area (Å²) in [5.74, 6) is 1.29. The van der Waals surface area contributed by atoms with Crippen molar-refractivity contribution in [2.45, 2.75) is 12.8 Å². The molecule has 120 valence electrons. The van der Waals surface area contributed by atoms with Gasteiger partial charge in [-0.2, -0.15) is 0 Å². The summed E-state index contributed by atoms with van der Waals surface area (Å²) in [5, 5.41) is 2.81. The van der Waals surface area contributed by atoms with E-state index >= 15 is 0 Å². The van der Waals surface area contributed by atoms with Gasteiger partial charge in [0.25, 0.3) is 5.91 Å². The molecule has 1 aromatic heterocycles. The minimum Gasteiger partial charge on any atom is -0.495 e. The third-order valence-electron chi connectivity index (χ3n) is 3.93. The largest absolute Gasteiger partial charge is 0.495 e. The van der Waals surface area contributed by atoms with Crippen LogP contribution < -0.4 is 20.7 Å². The summed E-state index contributed by atoms with van der Waals surface area (Å²) in [6, 6.07) is 8.83. The molecule has 6 nitrogen and oxygen atoms in total. The highest BCUT2D eigenvalue weighted by Crippen LogP contribution is 2.25. The molecule has 1 saturated heterocycles. The molecule has 23 heavy (non-hydrogen) atoms. The monoisotopic (exact) mass is 312 g/mol. The van der Waals surface area contributed by atoms with Gasteiger partial charge < -0.3 is 20.7 Å². The first kappa shape index (κ1) is 15.1. The maximum Gasteiger partial charge on any atom is 0.257 e. The van der Waals surface area contributed by atoms with E-state index in [-0.39, 0.29) is 5.91 Å². The van der Waals surface area contributed by atoms with Gasteiger partial charge in [-0.1, -0.05) is 0 Å². The number of aromatic nitrogens is 1. The van der Waals surface area contributed by atoms with E-state index in [2.05, 4.69) is 15.2 Å². The second-order valence-corrected chi connectivity index (χ2v) is 5.51. The first-order chi connectivity index (χ1) is 11.2. The number of hydrogen-bond donors (Lipinski definition) is 2. The summed E-state index contributed by atoms with van der Waals surface area (Å²) in [6.45, 7) is 2.06. The number of benzene rings is 1. The fraction of sp³-hybridized carbons (Fsp3) is 0.294. The van der Waals surface area contributed by atoms with Gasteiger partial charge in [0.15, 0.2) is 0 Å². The number of ether oxygens (including phenoxy) is 1. The van der Waals surface area contributed by atoms with Crippen LogP contribution in [-0.4, -0.2) is 31.1 Å². The predicted molar refractivity (Wildman–Crippen MR) is 91.0 cm³/mol. The van der Waals surface area contributed by atoms with Crippen LogP contribution in [0.5, 0.6) is 5.75 Å². The number of rotatable bonds is 4. The molecule has 0 saturated carbocycles. The van der Waals surface area contributed by atoms with Gasteiger partial charge in [-0.25, -0.2) is 4.98 Å². The topological polar surface area (TPSA) is 80.5 Å². The number of nitrogens with zero attached hydrogens (tertiary/aromatic N) is 2. The Hall–Kier alpha value is -2.76. The molecule has 1 aliphatic rings. The van der Waals surface area contributed by atoms with Gasteiger partial charge in [-0.15, -0.1) is 0 Å². The third kappa shape index (κ3) is 3.36. The Bertz CT molecular complexity index is 694. The lowest BCUT2D eigenvalue weighted by molar-refractivity contribution is 0.102. The Balaban J connectivity index is 1.69. The molecule has 0 radical (unpaired) electrons. The highest BCUT2D eigenvalue weighted by atomic mass is 16.5. The number of nitrogens with one attached hydrogen (secondary N) is 1. The van der Waals surface area contributed by atoms with E-state index in [1.165, 1.54) is 12.8 Å². The lowest BCUT2D eigenvalue weighted by atomic mass is 10.2. The molecule has 1 amide bonds. The molecule has 1 aromatic carbocycles. The Labute approximate surface area is 135 Å². The van der Waals surface area contributed by atoms with Crippen LogP contribution in [0.3, 0.4) is 0 Å². The van der Waals surface area contributed by atoms with E-state index in [1.807, 2.05) is 6.07 Å². The van der Waals surface area contributed by atoms with Crippen LogP contribution in [0.25, 0.3) is 0 Å². The van der Waals surface area contributed by atoms with Crippen molar-refractivity contribution in [2.75, 3.05) is 36.1 Å². The minimum atomic E-state index is -0.213. The maximum absolute atomic E-state index is 12.3. The zero-order valence-corrected chi connectivity index (χ0v) is 13.1. The van der Waals surface area contributed by atoms with E-state index in [4.69, 9.17) is 10.5 Å². The lowest BCUT2D eigenvalue weighted by Gasteiger charge is -2.16. The number of carbonyl (C=O) groups excluding carboxylic acids is 1. The SMILES string of the molecule is COc1ccc(NC(=O)c2ccc(N3CCCC3)nc2)cc1N. The van der Waals surface area contributed by atoms with Gasteiger partial charge in [0, 0.05) is 25.0 Å². The fourth-order valence-corrected chi connectivity index (χ4v) is 2.67. The summed E-state index contributed by atoms with van der Waals surface area (Å²) in [6.07, 6.45) is 4.00. The van der Waals surface area contributed by atoms with Gasteiger partial charge >= 0.3 is 0 Å². The molecule has 1 aliphatic heterocycles. The molecule has 0 spiro atoms. The standard InChI is InChI=1S/C17H20N4O2/c1-23-15-6-5-13(10-14(15)18)20-17(22)12-4-7-16(19-11-12)21-8-2-3-9-21/h4-7,10-11H,2-3,8-9,18H2,1H3,(H,20,22). The highest BCUT2D eigenvalue weighted by molar-refractivity contribution is 6.04. The second-order valence-electron chi connectivity index (χ2n) is 5.51. The number of pyridine rings is 1. The van der Waals surface area contributed by atoms with Crippen LogP contribution in [-0.2, 0) is 0 Å². The van der Waals surface area contributed by atoms with Crippen LogP contribution in [0.2, 0.25) is 0 Å². The number of anilines is 3. The second kappa shape index (κ2) is 6.56. The lowest BCUT2D eigenvalue weighted by Crippen LogP contribution is -2.19. The smallest absolute Gasteiger partial charge is 0.257 e. The number of nitrogens with two attached hydrogens (primary N) is 1. The van der Waals surface area contributed by atoms with Crippen molar-refractivity contribution >= 4 is 23.1 Å². The van der Waals surface area contributed by atoms with Crippen molar-refractivity contribution in [3.05, 3.63) is 42.1 Å². The number of hydrogen-bond acceptors (Lipinski definition) is 5. The minimum absolute atomic E-state index is 0.213. The predicted octanol–water partition coefficient (Wildman–Crippen LogP) is 2.52. The molecule has 0 unspecified atom stereocenters. The van der Waals surface area contributed by atoms with Crippen molar-refractivity contribution in [3.63, 3.8) is 0 Å². The maximum atomic E-state index is 12.3. The van der Waals surface area contributed by atoms with Crippen molar-refractivity contribution in [3.8, 4) is 5.75 Å². The third-order valence-corrected chi connectivity index (χ3v) is 3.93. The molecule has 0 atom stereocenters. The number of methoxy groups -OCH3 is 1. The zero-order chi connectivity index (χ0) is 16.2. The molecule has 2 aromatic rings. The summed E-state index contributed by atoms with van der Waals surface area (Å²) in [4.78, 5) is 18.9. The molecule has 0 bridgehead atoms. The van der Waals surface area contributed by atoms with Crippen LogP contribution in [0.15, 0.2) is 36.5 Å². The Morgan fingerprint density at radius 2 is 2.04 bits per heavy atom. The first-order valence-electron chi connectivity index (χ1n) is 7.63. The van der Waals surface area contributed by atoms with Gasteiger partial charge in [-0.3, -0.25) is 4.79 Å². The molecule has 0 aliphatic carbocycles. The fourth-order valence-electron chi connectivity index (χ4n) is 2.67. The molecular weight excluding hydrogens is 292 g/mol. The van der Waals surface area contributed by atoms with Crippen LogP contribution in [0.4, 0.5) is 17.2 Å². The number of nitrogen functional groups attached to an aromatic ring is 1. The van der Waals surface area contributed by atoms with Crippen molar-refractivity contribution in [1.82, 2.24) is 4.98 Å². The zero-order valence-electron chi connectivity index (χ0n) is 13.1. The number of carbonyl (C=O) groups is 1. The van der Waals surface area contributed by atoms with Gasteiger partial charge in [0.2, 0.25) is 0 Å². The van der Waals surface area contributed by atoms with Crippen LogP contribution >= 0.6 is 0 Å². The molecule has 1 fully saturated rings. The summed E-state index contributed by atoms with van der Waals surface area (Å²) < 4.78 is 5.10. The molecule has 2 heterocycles. The van der Waals surface area contributed by atoms with Gasteiger partial charge in [-0.05, 0) is 43.2 Å². The summed E-state index contributed by atoms with van der Waals surface area (Å²) >= 11 is 0. The van der Waals surface area contributed by atoms with E-state index in [1.54, 1.807) is 37.6 Å².